The molecular formula is C14H20ClN3O. The summed E-state index contributed by atoms with van der Waals surface area (Å²) < 4.78 is 0. The first kappa shape index (κ1) is 14.1. The van der Waals surface area contributed by atoms with Gasteiger partial charge in [-0.1, -0.05) is 25.4 Å². The number of nitrogens with one attached hydrogen (secondary N) is 1. The number of rotatable bonds is 2. The maximum absolute atomic E-state index is 12.2. The zero-order valence-corrected chi connectivity index (χ0v) is 12.1. The Morgan fingerprint density at radius 1 is 1.47 bits per heavy atom. The quantitative estimate of drug-likeness (QED) is 0.819. The number of halogens is 1. The summed E-state index contributed by atoms with van der Waals surface area (Å²) in [7, 11) is 0. The minimum absolute atomic E-state index is 0.184. The van der Waals surface area contributed by atoms with Crippen molar-refractivity contribution in [1.82, 2.24) is 10.3 Å². The first-order valence-corrected chi connectivity index (χ1v) is 7.07. The van der Waals surface area contributed by atoms with Gasteiger partial charge in [-0.2, -0.15) is 0 Å². The predicted octanol–water partition coefficient (Wildman–Crippen LogP) is 2.87. The normalized spacial score (nSPS) is 27.0. The molecule has 1 saturated carbocycles. The number of nitrogens with zero attached hydrogens (tertiary/aromatic N) is 1. The molecule has 1 fully saturated rings. The Hall–Kier alpha value is -1.29. The van der Waals surface area contributed by atoms with E-state index in [1.807, 2.05) is 0 Å². The molecule has 0 aromatic carbocycles. The first-order chi connectivity index (χ1) is 8.97. The summed E-state index contributed by atoms with van der Waals surface area (Å²) in [4.78, 5) is 16.1. The predicted molar refractivity (Wildman–Crippen MR) is 77.1 cm³/mol. The van der Waals surface area contributed by atoms with Crippen molar-refractivity contribution in [3.8, 4) is 0 Å². The summed E-state index contributed by atoms with van der Waals surface area (Å²) in [5, 5.41) is 3.25. The summed E-state index contributed by atoms with van der Waals surface area (Å²) in [6.45, 7) is 4.44. The van der Waals surface area contributed by atoms with Crippen molar-refractivity contribution in [3.63, 3.8) is 0 Å². The van der Waals surface area contributed by atoms with E-state index >= 15 is 0 Å². The molecule has 3 atom stereocenters. The number of aromatic nitrogens is 1. The van der Waals surface area contributed by atoms with Crippen LogP contribution in [0.3, 0.4) is 0 Å². The maximum atomic E-state index is 12.2. The molecule has 3 N–H and O–H groups in total. The van der Waals surface area contributed by atoms with Gasteiger partial charge in [0.25, 0.3) is 5.91 Å². The molecule has 19 heavy (non-hydrogen) atoms. The van der Waals surface area contributed by atoms with E-state index in [2.05, 4.69) is 24.1 Å². The van der Waals surface area contributed by atoms with E-state index < -0.39 is 0 Å². The van der Waals surface area contributed by atoms with Crippen LogP contribution in [0.2, 0.25) is 5.15 Å². The molecule has 3 unspecified atom stereocenters. The fourth-order valence-corrected chi connectivity index (χ4v) is 2.94. The lowest BCUT2D eigenvalue weighted by molar-refractivity contribution is 0.0899. The fourth-order valence-electron chi connectivity index (χ4n) is 2.75. The van der Waals surface area contributed by atoms with E-state index in [1.165, 1.54) is 6.20 Å². The van der Waals surface area contributed by atoms with Crippen LogP contribution in [0.1, 0.15) is 43.5 Å². The van der Waals surface area contributed by atoms with E-state index in [9.17, 15) is 4.79 Å². The number of carbonyl (C=O) groups is 1. The Balaban J connectivity index is 2.06. The monoisotopic (exact) mass is 281 g/mol. The van der Waals surface area contributed by atoms with Crippen LogP contribution in [-0.2, 0) is 0 Å². The number of amides is 1. The summed E-state index contributed by atoms with van der Waals surface area (Å²) >= 11 is 5.94. The number of pyridine rings is 1. The highest BCUT2D eigenvalue weighted by Crippen LogP contribution is 2.29. The number of anilines is 1. The van der Waals surface area contributed by atoms with Crippen LogP contribution in [0.15, 0.2) is 12.3 Å². The summed E-state index contributed by atoms with van der Waals surface area (Å²) in [6.07, 6.45) is 4.76. The Morgan fingerprint density at radius 2 is 2.21 bits per heavy atom. The van der Waals surface area contributed by atoms with Crippen molar-refractivity contribution in [2.24, 2.45) is 11.8 Å². The molecule has 1 aromatic heterocycles. The molecule has 0 saturated heterocycles. The molecule has 0 aliphatic heterocycles. The molecule has 1 aromatic rings. The van der Waals surface area contributed by atoms with Gasteiger partial charge in [0.2, 0.25) is 0 Å². The van der Waals surface area contributed by atoms with Crippen LogP contribution in [0.5, 0.6) is 0 Å². The molecule has 0 bridgehead atoms. The molecule has 0 spiro atoms. The van der Waals surface area contributed by atoms with E-state index in [0.717, 1.165) is 25.2 Å². The van der Waals surface area contributed by atoms with Gasteiger partial charge < -0.3 is 11.1 Å². The van der Waals surface area contributed by atoms with Gasteiger partial charge in [0.1, 0.15) is 5.15 Å². The lowest BCUT2D eigenvalue weighted by Gasteiger charge is -2.33. The zero-order chi connectivity index (χ0) is 14.0. The van der Waals surface area contributed by atoms with Crippen LogP contribution in [0.25, 0.3) is 0 Å². The van der Waals surface area contributed by atoms with Crippen molar-refractivity contribution in [1.29, 1.82) is 0 Å². The Morgan fingerprint density at radius 3 is 2.89 bits per heavy atom. The van der Waals surface area contributed by atoms with Gasteiger partial charge >= 0.3 is 0 Å². The van der Waals surface area contributed by atoms with Crippen LogP contribution >= 0.6 is 11.6 Å². The lowest BCUT2D eigenvalue weighted by Crippen LogP contribution is -2.42. The molecule has 1 aliphatic rings. The Kier molecular flexibility index (Phi) is 4.30. The molecule has 1 heterocycles. The highest BCUT2D eigenvalue weighted by atomic mass is 35.5. The number of nitrogen functional groups attached to an aromatic ring is 1. The molecule has 4 nitrogen and oxygen atoms in total. The zero-order valence-electron chi connectivity index (χ0n) is 11.3. The highest BCUT2D eigenvalue weighted by molar-refractivity contribution is 6.32. The standard InChI is InChI=1S/C14H20ClN3O/c1-8-3-4-12(9(2)5-8)18-14(19)11-6-10(16)7-17-13(11)15/h6-9,12H,3-5,16H2,1-2H3,(H,18,19). The topological polar surface area (TPSA) is 68.0 Å². The largest absolute Gasteiger partial charge is 0.397 e. The Bertz CT molecular complexity index is 478. The summed E-state index contributed by atoms with van der Waals surface area (Å²) in [6, 6.07) is 1.78. The average molecular weight is 282 g/mol. The van der Waals surface area contributed by atoms with Crippen molar-refractivity contribution in [2.75, 3.05) is 5.73 Å². The van der Waals surface area contributed by atoms with Crippen molar-refractivity contribution in [3.05, 3.63) is 23.0 Å². The van der Waals surface area contributed by atoms with Crippen LogP contribution in [-0.4, -0.2) is 16.9 Å². The second-order valence-corrected chi connectivity index (χ2v) is 5.94. The van der Waals surface area contributed by atoms with Gasteiger partial charge in [-0.25, -0.2) is 4.98 Å². The highest BCUT2D eigenvalue weighted by Gasteiger charge is 2.27. The van der Waals surface area contributed by atoms with Crippen LogP contribution in [0.4, 0.5) is 5.69 Å². The maximum Gasteiger partial charge on any atom is 0.254 e. The third-order valence-corrected chi connectivity index (χ3v) is 4.15. The molecule has 0 radical (unpaired) electrons. The molecular weight excluding hydrogens is 262 g/mol. The van der Waals surface area contributed by atoms with Gasteiger partial charge in [-0.3, -0.25) is 4.79 Å². The van der Waals surface area contributed by atoms with Gasteiger partial charge in [-0.15, -0.1) is 0 Å². The van der Waals surface area contributed by atoms with E-state index in [1.54, 1.807) is 6.07 Å². The van der Waals surface area contributed by atoms with Crippen molar-refractivity contribution < 1.29 is 4.79 Å². The number of hydrogen-bond acceptors (Lipinski definition) is 3. The van der Waals surface area contributed by atoms with Gasteiger partial charge in [-0.05, 0) is 37.2 Å². The minimum atomic E-state index is -0.184. The first-order valence-electron chi connectivity index (χ1n) is 6.69. The molecule has 2 rings (SSSR count). The molecule has 104 valence electrons. The number of hydrogen-bond donors (Lipinski definition) is 2. The average Bonchev–Trinajstić information content (AvgIpc) is 2.35. The molecule has 1 amide bonds. The van der Waals surface area contributed by atoms with Crippen molar-refractivity contribution >= 4 is 23.2 Å². The summed E-state index contributed by atoms with van der Waals surface area (Å²) in [5.74, 6) is 1.04. The van der Waals surface area contributed by atoms with Crippen LogP contribution < -0.4 is 11.1 Å². The second-order valence-electron chi connectivity index (χ2n) is 5.58. The number of nitrogens with two attached hydrogens (primary N) is 1. The Labute approximate surface area is 118 Å². The van der Waals surface area contributed by atoms with E-state index in [4.69, 9.17) is 17.3 Å². The second kappa shape index (κ2) is 5.78. The number of carbonyl (C=O) groups excluding carboxylic acids is 1. The summed E-state index contributed by atoms with van der Waals surface area (Å²) in [5.41, 5.74) is 6.44. The van der Waals surface area contributed by atoms with Gasteiger partial charge in [0.05, 0.1) is 17.4 Å². The van der Waals surface area contributed by atoms with E-state index in [0.29, 0.717) is 17.2 Å². The third kappa shape index (κ3) is 3.38. The smallest absolute Gasteiger partial charge is 0.254 e. The fraction of sp³-hybridized carbons (Fsp3) is 0.571. The van der Waals surface area contributed by atoms with E-state index in [-0.39, 0.29) is 17.1 Å². The van der Waals surface area contributed by atoms with Crippen LogP contribution in [0, 0.1) is 11.8 Å². The molecule has 1 aliphatic carbocycles. The van der Waals surface area contributed by atoms with Gasteiger partial charge in [0.15, 0.2) is 0 Å². The van der Waals surface area contributed by atoms with Gasteiger partial charge in [0, 0.05) is 6.04 Å². The third-order valence-electron chi connectivity index (χ3n) is 3.85. The SMILES string of the molecule is CC1CCC(NC(=O)c2cc(N)cnc2Cl)C(C)C1. The molecule has 5 heteroatoms. The minimum Gasteiger partial charge on any atom is -0.397 e. The van der Waals surface area contributed by atoms with Crippen molar-refractivity contribution in [2.45, 2.75) is 39.2 Å². The lowest BCUT2D eigenvalue weighted by atomic mass is 9.80.